The third-order valence-electron chi connectivity index (χ3n) is 2.53. The summed E-state index contributed by atoms with van der Waals surface area (Å²) in [5.74, 6) is 0.177. The lowest BCUT2D eigenvalue weighted by Gasteiger charge is -2.31. The second-order valence-electron chi connectivity index (χ2n) is 5.11. The van der Waals surface area contributed by atoms with Crippen molar-refractivity contribution in [2.75, 3.05) is 6.61 Å². The largest absolute Gasteiger partial charge is 0.507 e. The van der Waals surface area contributed by atoms with Crippen LogP contribution in [0.25, 0.3) is 6.08 Å². The van der Waals surface area contributed by atoms with E-state index < -0.39 is 11.6 Å². The number of para-hydroxylation sites is 1. The Balaban J connectivity index is 2.96. The van der Waals surface area contributed by atoms with Crippen molar-refractivity contribution < 1.29 is 14.6 Å². The third-order valence-corrected chi connectivity index (χ3v) is 2.53. The molecule has 0 radical (unpaired) electrons. The van der Waals surface area contributed by atoms with Crippen LogP contribution in [0, 0.1) is 0 Å². The number of hydrogen-bond donors (Lipinski definition) is 1. The molecule has 0 heterocycles. The van der Waals surface area contributed by atoms with E-state index in [1.807, 2.05) is 26.8 Å². The molecule has 4 heteroatoms. The maximum atomic E-state index is 11.9. The molecule has 0 aliphatic heterocycles. The van der Waals surface area contributed by atoms with Gasteiger partial charge in [-0.25, -0.2) is 4.79 Å². The topological polar surface area (TPSA) is 49.8 Å². The lowest BCUT2D eigenvalue weighted by Crippen LogP contribution is -2.42. The van der Waals surface area contributed by atoms with Gasteiger partial charge in [0.15, 0.2) is 0 Å². The van der Waals surface area contributed by atoms with Crippen LogP contribution in [0.3, 0.4) is 0 Å². The van der Waals surface area contributed by atoms with Gasteiger partial charge in [0.05, 0.1) is 6.61 Å². The Labute approximate surface area is 114 Å². The van der Waals surface area contributed by atoms with E-state index in [1.54, 1.807) is 37.4 Å². The summed E-state index contributed by atoms with van der Waals surface area (Å²) in [5, 5.41) is 9.68. The van der Waals surface area contributed by atoms with E-state index >= 15 is 0 Å². The van der Waals surface area contributed by atoms with Gasteiger partial charge in [0, 0.05) is 17.3 Å². The van der Waals surface area contributed by atoms with Gasteiger partial charge in [-0.2, -0.15) is 0 Å². The Morgan fingerprint density at radius 2 is 2.00 bits per heavy atom. The molecular weight excluding hydrogens is 242 g/mol. The number of aromatic hydroxyl groups is 1. The summed E-state index contributed by atoms with van der Waals surface area (Å²) in [4.78, 5) is 13.4. The van der Waals surface area contributed by atoms with E-state index in [4.69, 9.17) is 4.74 Å². The summed E-state index contributed by atoms with van der Waals surface area (Å²) in [6.07, 6.45) is 2.92. The quantitative estimate of drug-likeness (QED) is 0.906. The summed E-state index contributed by atoms with van der Waals surface area (Å²) in [7, 11) is 0. The SMILES string of the molecule is CCOC(=O)N(C=Cc1ccccc1O)C(C)(C)C. The van der Waals surface area contributed by atoms with E-state index in [0.29, 0.717) is 12.2 Å². The minimum Gasteiger partial charge on any atom is -0.507 e. The Morgan fingerprint density at radius 1 is 1.37 bits per heavy atom. The molecule has 0 aromatic heterocycles. The number of rotatable bonds is 3. The zero-order chi connectivity index (χ0) is 14.5. The molecule has 1 amide bonds. The lowest BCUT2D eigenvalue weighted by molar-refractivity contribution is 0.0956. The van der Waals surface area contributed by atoms with E-state index in [9.17, 15) is 9.90 Å². The molecule has 104 valence electrons. The molecule has 0 atom stereocenters. The highest BCUT2D eigenvalue weighted by atomic mass is 16.6. The predicted molar refractivity (Wildman–Crippen MR) is 75.8 cm³/mol. The van der Waals surface area contributed by atoms with Crippen molar-refractivity contribution in [2.45, 2.75) is 33.2 Å². The zero-order valence-corrected chi connectivity index (χ0v) is 11.9. The second kappa shape index (κ2) is 6.27. The highest BCUT2D eigenvalue weighted by Gasteiger charge is 2.25. The molecule has 0 fully saturated rings. The molecule has 4 nitrogen and oxygen atoms in total. The van der Waals surface area contributed by atoms with Crippen molar-refractivity contribution in [3.05, 3.63) is 36.0 Å². The van der Waals surface area contributed by atoms with Crippen LogP contribution in [0.5, 0.6) is 5.75 Å². The number of amides is 1. The maximum Gasteiger partial charge on any atom is 0.414 e. The van der Waals surface area contributed by atoms with Crippen LogP contribution in [0.1, 0.15) is 33.3 Å². The number of phenols is 1. The van der Waals surface area contributed by atoms with Crippen molar-refractivity contribution in [3.8, 4) is 5.75 Å². The number of ether oxygens (including phenoxy) is 1. The van der Waals surface area contributed by atoms with Crippen LogP contribution in [0.4, 0.5) is 4.79 Å². The molecule has 0 aliphatic carbocycles. The first kappa shape index (κ1) is 15.1. The number of carbonyl (C=O) groups excluding carboxylic acids is 1. The van der Waals surface area contributed by atoms with Gasteiger partial charge in [0.25, 0.3) is 0 Å². The number of hydrogen-bond acceptors (Lipinski definition) is 3. The number of benzene rings is 1. The fourth-order valence-electron chi connectivity index (χ4n) is 1.53. The zero-order valence-electron chi connectivity index (χ0n) is 11.9. The Kier molecular flexibility index (Phi) is 4.98. The van der Waals surface area contributed by atoms with Crippen molar-refractivity contribution in [1.82, 2.24) is 4.90 Å². The van der Waals surface area contributed by atoms with E-state index in [0.717, 1.165) is 0 Å². The highest BCUT2D eigenvalue weighted by Crippen LogP contribution is 2.20. The van der Waals surface area contributed by atoms with Crippen LogP contribution >= 0.6 is 0 Å². The Bertz CT molecular complexity index is 461. The number of nitrogens with zero attached hydrogens (tertiary/aromatic N) is 1. The van der Waals surface area contributed by atoms with Gasteiger partial charge in [-0.3, -0.25) is 4.90 Å². The average Bonchev–Trinajstić information content (AvgIpc) is 2.30. The minimum absolute atomic E-state index is 0.177. The summed E-state index contributed by atoms with van der Waals surface area (Å²) < 4.78 is 5.02. The van der Waals surface area contributed by atoms with E-state index in [1.165, 1.54) is 4.90 Å². The Hall–Kier alpha value is -1.97. The molecule has 1 aromatic carbocycles. The average molecular weight is 263 g/mol. The summed E-state index contributed by atoms with van der Waals surface area (Å²) >= 11 is 0. The minimum atomic E-state index is -0.401. The van der Waals surface area contributed by atoms with E-state index in [-0.39, 0.29) is 5.75 Å². The predicted octanol–water partition coefficient (Wildman–Crippen LogP) is 3.62. The third kappa shape index (κ3) is 4.32. The molecule has 1 aromatic rings. The van der Waals surface area contributed by atoms with Crippen molar-refractivity contribution in [1.29, 1.82) is 0 Å². The van der Waals surface area contributed by atoms with Crippen LogP contribution in [0.2, 0.25) is 0 Å². The van der Waals surface area contributed by atoms with Crippen molar-refractivity contribution in [3.63, 3.8) is 0 Å². The highest BCUT2D eigenvalue weighted by molar-refractivity contribution is 5.71. The van der Waals surface area contributed by atoms with Crippen LogP contribution in [0.15, 0.2) is 30.5 Å². The summed E-state index contributed by atoms with van der Waals surface area (Å²) in [5.41, 5.74) is 0.258. The fraction of sp³-hybridized carbons (Fsp3) is 0.400. The maximum absolute atomic E-state index is 11.9. The molecule has 0 saturated carbocycles. The second-order valence-corrected chi connectivity index (χ2v) is 5.11. The standard InChI is InChI=1S/C15H21NO3/c1-5-19-14(18)16(15(2,3)4)11-10-12-8-6-7-9-13(12)17/h6-11,17H,5H2,1-4H3. The monoisotopic (exact) mass is 263 g/mol. The van der Waals surface area contributed by atoms with Gasteiger partial charge < -0.3 is 9.84 Å². The molecule has 1 rings (SSSR count). The first-order valence-electron chi connectivity index (χ1n) is 6.28. The molecule has 1 N–H and O–H groups in total. The molecule has 0 bridgehead atoms. The fourth-order valence-corrected chi connectivity index (χ4v) is 1.53. The van der Waals surface area contributed by atoms with Gasteiger partial charge >= 0.3 is 6.09 Å². The van der Waals surface area contributed by atoms with Crippen LogP contribution in [-0.2, 0) is 4.74 Å². The molecule has 0 unspecified atom stereocenters. The summed E-state index contributed by atoms with van der Waals surface area (Å²) in [6, 6.07) is 6.95. The first-order chi connectivity index (χ1) is 8.86. The van der Waals surface area contributed by atoms with Gasteiger partial charge in [-0.05, 0) is 39.8 Å². The number of phenolic OH excluding ortho intramolecular Hbond substituents is 1. The normalized spacial score (nSPS) is 11.6. The van der Waals surface area contributed by atoms with Gasteiger partial charge in [-0.1, -0.05) is 18.2 Å². The first-order valence-corrected chi connectivity index (χ1v) is 6.28. The molecule has 19 heavy (non-hydrogen) atoms. The summed E-state index contributed by atoms with van der Waals surface area (Å²) in [6.45, 7) is 7.85. The smallest absolute Gasteiger partial charge is 0.414 e. The molecule has 0 aliphatic rings. The molecular formula is C15H21NO3. The van der Waals surface area contributed by atoms with E-state index in [2.05, 4.69) is 0 Å². The van der Waals surface area contributed by atoms with Gasteiger partial charge in [-0.15, -0.1) is 0 Å². The van der Waals surface area contributed by atoms with Crippen molar-refractivity contribution >= 4 is 12.2 Å². The van der Waals surface area contributed by atoms with Crippen LogP contribution in [-0.4, -0.2) is 28.2 Å². The van der Waals surface area contributed by atoms with Crippen LogP contribution < -0.4 is 0 Å². The lowest BCUT2D eigenvalue weighted by atomic mass is 10.1. The Morgan fingerprint density at radius 3 is 2.53 bits per heavy atom. The molecule has 0 saturated heterocycles. The number of carbonyl (C=O) groups is 1. The van der Waals surface area contributed by atoms with Gasteiger partial charge in [0.1, 0.15) is 5.75 Å². The molecule has 0 spiro atoms. The van der Waals surface area contributed by atoms with Crippen molar-refractivity contribution in [2.24, 2.45) is 0 Å². The van der Waals surface area contributed by atoms with Gasteiger partial charge in [0.2, 0.25) is 0 Å².